The lowest BCUT2D eigenvalue weighted by atomic mass is 10.3. The summed E-state index contributed by atoms with van der Waals surface area (Å²) in [4.78, 5) is 11.7. The fraction of sp³-hybridized carbons (Fsp3) is 0.154. The zero-order valence-electron chi connectivity index (χ0n) is 11.3. The molecule has 116 valence electrons. The molecule has 0 radical (unpaired) electrons. The molecule has 0 aliphatic heterocycles. The minimum Gasteiger partial charge on any atom is -0.357 e. The summed E-state index contributed by atoms with van der Waals surface area (Å²) < 4.78 is 27.0. The van der Waals surface area contributed by atoms with Crippen molar-refractivity contribution in [2.24, 2.45) is 0 Å². The number of halogens is 2. The normalized spacial score (nSPS) is 10.3. The third kappa shape index (κ3) is 4.78. The van der Waals surface area contributed by atoms with Crippen LogP contribution in [0.15, 0.2) is 35.2 Å². The third-order valence-electron chi connectivity index (χ3n) is 2.33. The first-order chi connectivity index (χ1) is 10.6. The van der Waals surface area contributed by atoms with Crippen LogP contribution in [0, 0.1) is 11.6 Å². The maximum Gasteiger partial charge on any atom is 0.234 e. The molecule has 1 amide bonds. The number of carbonyl (C=O) groups is 1. The molecular weight excluding hydrogens is 330 g/mol. The highest BCUT2D eigenvalue weighted by Crippen LogP contribution is 2.25. The molecule has 0 saturated heterocycles. The number of rotatable bonds is 7. The molecule has 1 aromatic heterocycles. The van der Waals surface area contributed by atoms with Crippen molar-refractivity contribution >= 4 is 39.8 Å². The number of nitrogens with one attached hydrogen (secondary N) is 2. The van der Waals surface area contributed by atoms with Crippen molar-refractivity contribution in [3.63, 3.8) is 0 Å². The van der Waals surface area contributed by atoms with Gasteiger partial charge in [-0.25, -0.2) is 8.78 Å². The second-order valence-corrected chi connectivity index (χ2v) is 6.20. The highest BCUT2D eigenvalue weighted by molar-refractivity contribution is 8.01. The van der Waals surface area contributed by atoms with Crippen LogP contribution in [0.3, 0.4) is 0 Å². The summed E-state index contributed by atoms with van der Waals surface area (Å²) in [6.45, 7) is 4.14. The summed E-state index contributed by atoms with van der Waals surface area (Å²) in [5.41, 5.74) is -0.184. The fourth-order valence-corrected chi connectivity index (χ4v) is 2.96. The molecule has 1 aromatic carbocycles. The molecule has 0 saturated carbocycles. The van der Waals surface area contributed by atoms with Gasteiger partial charge in [0.2, 0.25) is 11.0 Å². The Morgan fingerprint density at radius 3 is 3.00 bits per heavy atom. The van der Waals surface area contributed by atoms with Crippen molar-refractivity contribution in [1.29, 1.82) is 0 Å². The summed E-state index contributed by atoms with van der Waals surface area (Å²) in [5.74, 6) is -1.74. The van der Waals surface area contributed by atoms with Gasteiger partial charge in [-0.15, -0.1) is 16.8 Å². The third-order valence-corrected chi connectivity index (χ3v) is 4.35. The van der Waals surface area contributed by atoms with Crippen molar-refractivity contribution in [3.05, 3.63) is 42.5 Å². The Morgan fingerprint density at radius 2 is 2.23 bits per heavy atom. The van der Waals surface area contributed by atoms with Crippen molar-refractivity contribution in [2.75, 3.05) is 22.9 Å². The summed E-state index contributed by atoms with van der Waals surface area (Å²) in [5, 5.41) is 13.7. The second-order valence-electron chi connectivity index (χ2n) is 4.00. The number of nitrogens with zero attached hydrogens (tertiary/aromatic N) is 2. The molecule has 2 aromatic rings. The van der Waals surface area contributed by atoms with E-state index in [4.69, 9.17) is 0 Å². The van der Waals surface area contributed by atoms with Gasteiger partial charge < -0.3 is 10.6 Å². The highest BCUT2D eigenvalue weighted by atomic mass is 32.2. The van der Waals surface area contributed by atoms with Gasteiger partial charge in [0.15, 0.2) is 4.34 Å². The first kappa shape index (κ1) is 16.4. The predicted octanol–water partition coefficient (Wildman–Crippen LogP) is 3.15. The van der Waals surface area contributed by atoms with Crippen LogP contribution >= 0.6 is 23.1 Å². The first-order valence-corrected chi connectivity index (χ1v) is 7.94. The van der Waals surface area contributed by atoms with Crippen LogP contribution in [0.1, 0.15) is 0 Å². The van der Waals surface area contributed by atoms with Crippen molar-refractivity contribution in [2.45, 2.75) is 4.34 Å². The molecule has 2 N–H and O–H groups in total. The van der Waals surface area contributed by atoms with E-state index in [2.05, 4.69) is 27.4 Å². The monoisotopic (exact) mass is 342 g/mol. The summed E-state index contributed by atoms with van der Waals surface area (Å²) in [7, 11) is 0. The van der Waals surface area contributed by atoms with E-state index in [-0.39, 0.29) is 11.4 Å². The quantitative estimate of drug-likeness (QED) is 0.598. The Bertz CT molecular complexity index is 678. The van der Waals surface area contributed by atoms with E-state index in [1.807, 2.05) is 0 Å². The van der Waals surface area contributed by atoms with Crippen molar-refractivity contribution in [1.82, 2.24) is 10.2 Å². The van der Waals surface area contributed by atoms with Gasteiger partial charge in [-0.3, -0.25) is 4.79 Å². The molecule has 2 rings (SSSR count). The first-order valence-electron chi connectivity index (χ1n) is 6.14. The lowest BCUT2D eigenvalue weighted by molar-refractivity contribution is -0.113. The van der Waals surface area contributed by atoms with E-state index in [9.17, 15) is 13.6 Å². The molecule has 0 atom stereocenters. The molecule has 0 unspecified atom stereocenters. The van der Waals surface area contributed by atoms with E-state index in [1.165, 1.54) is 11.3 Å². The van der Waals surface area contributed by atoms with Crippen LogP contribution in [-0.4, -0.2) is 28.4 Å². The highest BCUT2D eigenvalue weighted by Gasteiger charge is 2.11. The molecule has 0 fully saturated rings. The fourth-order valence-electron chi connectivity index (χ4n) is 1.41. The molecule has 0 bridgehead atoms. The van der Waals surface area contributed by atoms with Gasteiger partial charge in [0, 0.05) is 12.6 Å². The number of carbonyl (C=O) groups excluding carboxylic acids is 1. The zero-order valence-corrected chi connectivity index (χ0v) is 12.9. The van der Waals surface area contributed by atoms with Crippen LogP contribution in [0.4, 0.5) is 19.6 Å². The number of hydrogen-bond acceptors (Lipinski definition) is 6. The number of aromatic nitrogens is 2. The van der Waals surface area contributed by atoms with Crippen LogP contribution in [0.5, 0.6) is 0 Å². The maximum absolute atomic E-state index is 13.4. The van der Waals surface area contributed by atoms with Gasteiger partial charge in [-0.05, 0) is 12.1 Å². The molecule has 1 heterocycles. The molecule has 0 aliphatic rings. The lowest BCUT2D eigenvalue weighted by Gasteiger charge is -2.05. The Kier molecular flexibility index (Phi) is 5.84. The van der Waals surface area contributed by atoms with Crippen LogP contribution in [-0.2, 0) is 4.79 Å². The minimum absolute atomic E-state index is 0.0199. The number of hydrogen-bond donors (Lipinski definition) is 2. The van der Waals surface area contributed by atoms with Gasteiger partial charge >= 0.3 is 0 Å². The van der Waals surface area contributed by atoms with E-state index in [0.717, 1.165) is 30.0 Å². The van der Waals surface area contributed by atoms with Gasteiger partial charge in [-0.1, -0.05) is 29.2 Å². The molecule has 22 heavy (non-hydrogen) atoms. The van der Waals surface area contributed by atoms with E-state index < -0.39 is 17.5 Å². The molecular formula is C13H12F2N4OS2. The smallest absolute Gasteiger partial charge is 0.234 e. The Morgan fingerprint density at radius 1 is 1.41 bits per heavy atom. The maximum atomic E-state index is 13.4. The van der Waals surface area contributed by atoms with Crippen molar-refractivity contribution < 1.29 is 13.6 Å². The van der Waals surface area contributed by atoms with Gasteiger partial charge in [0.05, 0.1) is 11.4 Å². The second kappa shape index (κ2) is 7.85. The Balaban J connectivity index is 1.86. The van der Waals surface area contributed by atoms with Crippen molar-refractivity contribution in [3.8, 4) is 0 Å². The summed E-state index contributed by atoms with van der Waals surface area (Å²) in [6, 6.07) is 2.87. The van der Waals surface area contributed by atoms with E-state index in [1.54, 1.807) is 6.08 Å². The number of amides is 1. The number of thioether (sulfide) groups is 1. The van der Waals surface area contributed by atoms with Gasteiger partial charge in [0.1, 0.15) is 11.6 Å². The predicted molar refractivity (Wildman–Crippen MR) is 84.3 cm³/mol. The topological polar surface area (TPSA) is 66.9 Å². The van der Waals surface area contributed by atoms with Crippen LogP contribution < -0.4 is 10.6 Å². The Labute approximate surface area is 133 Å². The SMILES string of the molecule is C=CCNc1nnc(SCC(=O)Nc2cc(F)ccc2F)s1. The van der Waals surface area contributed by atoms with E-state index >= 15 is 0 Å². The minimum atomic E-state index is -0.688. The standard InChI is InChI=1S/C13H12F2N4OS2/c1-2-5-16-12-18-19-13(22-12)21-7-11(20)17-10-6-8(14)3-4-9(10)15/h2-4,6H,1,5,7H2,(H,16,18)(H,17,20). The average Bonchev–Trinajstić information content (AvgIpc) is 2.95. The van der Waals surface area contributed by atoms with Crippen LogP contribution in [0.2, 0.25) is 0 Å². The van der Waals surface area contributed by atoms with E-state index in [0.29, 0.717) is 16.0 Å². The molecule has 9 heteroatoms. The summed E-state index contributed by atoms with van der Waals surface area (Å²) in [6.07, 6.45) is 1.69. The molecule has 0 spiro atoms. The molecule has 5 nitrogen and oxygen atoms in total. The van der Waals surface area contributed by atoms with Gasteiger partial charge in [0.25, 0.3) is 0 Å². The van der Waals surface area contributed by atoms with Gasteiger partial charge in [-0.2, -0.15) is 0 Å². The van der Waals surface area contributed by atoms with Crippen LogP contribution in [0.25, 0.3) is 0 Å². The number of benzene rings is 1. The summed E-state index contributed by atoms with van der Waals surface area (Å²) >= 11 is 2.46. The Hall–Kier alpha value is -2.00. The largest absolute Gasteiger partial charge is 0.357 e. The number of anilines is 2. The average molecular weight is 342 g/mol. The lowest BCUT2D eigenvalue weighted by Crippen LogP contribution is -2.15. The molecule has 0 aliphatic carbocycles. The zero-order chi connectivity index (χ0) is 15.9.